The lowest BCUT2D eigenvalue weighted by atomic mass is 9.93. The van der Waals surface area contributed by atoms with E-state index >= 15 is 0 Å². The summed E-state index contributed by atoms with van der Waals surface area (Å²) < 4.78 is 5.44. The first-order valence-corrected chi connectivity index (χ1v) is 7.30. The molecule has 2 aromatic rings. The first-order valence-electron chi connectivity index (χ1n) is 7.30. The highest BCUT2D eigenvalue weighted by Crippen LogP contribution is 2.35. The van der Waals surface area contributed by atoms with E-state index in [4.69, 9.17) is 4.42 Å². The Morgan fingerprint density at radius 2 is 1.62 bits per heavy atom. The smallest absolute Gasteiger partial charge is 0.347 e. The maximum atomic E-state index is 12.4. The largest absolute Gasteiger partial charge is 0.507 e. The summed E-state index contributed by atoms with van der Waals surface area (Å²) >= 11 is 0. The van der Waals surface area contributed by atoms with Crippen LogP contribution < -0.4 is 5.63 Å². The predicted molar refractivity (Wildman–Crippen MR) is 85.0 cm³/mol. The molecule has 3 heteroatoms. The van der Waals surface area contributed by atoms with E-state index in [1.807, 2.05) is 39.8 Å². The van der Waals surface area contributed by atoms with Gasteiger partial charge in [0.2, 0.25) is 0 Å². The van der Waals surface area contributed by atoms with Crippen molar-refractivity contribution in [2.75, 3.05) is 0 Å². The van der Waals surface area contributed by atoms with Crippen LogP contribution in [0.5, 0.6) is 5.75 Å². The fraction of sp³-hybridized carbons (Fsp3) is 0.389. The van der Waals surface area contributed by atoms with E-state index in [0.29, 0.717) is 17.7 Å². The summed E-state index contributed by atoms with van der Waals surface area (Å²) in [6.07, 6.45) is 1.52. The van der Waals surface area contributed by atoms with Crippen molar-refractivity contribution in [1.82, 2.24) is 0 Å². The second kappa shape index (κ2) is 5.76. The van der Waals surface area contributed by atoms with Gasteiger partial charge in [0.1, 0.15) is 17.1 Å². The molecule has 0 unspecified atom stereocenters. The van der Waals surface area contributed by atoms with Gasteiger partial charge >= 0.3 is 5.63 Å². The van der Waals surface area contributed by atoms with Crippen molar-refractivity contribution < 1.29 is 9.52 Å². The van der Waals surface area contributed by atoms with Crippen molar-refractivity contribution in [3.05, 3.63) is 50.6 Å². The van der Waals surface area contributed by atoms with Gasteiger partial charge in [-0.3, -0.25) is 0 Å². The first kappa shape index (κ1) is 15.4. The average molecular weight is 286 g/mol. The van der Waals surface area contributed by atoms with Gasteiger partial charge in [-0.25, -0.2) is 4.79 Å². The zero-order chi connectivity index (χ0) is 15.7. The van der Waals surface area contributed by atoms with E-state index in [1.54, 1.807) is 6.92 Å². The molecule has 1 N–H and O–H groups in total. The fourth-order valence-electron chi connectivity index (χ4n) is 2.92. The number of benzene rings is 1. The molecule has 0 aliphatic heterocycles. The molecule has 0 saturated carbocycles. The van der Waals surface area contributed by atoms with Crippen LogP contribution in [0.4, 0.5) is 0 Å². The Balaban J connectivity index is 2.77. The lowest BCUT2D eigenvalue weighted by Crippen LogP contribution is -2.09. The second-order valence-corrected chi connectivity index (χ2v) is 5.69. The SMILES string of the molecule is CCCc1oc(=O)c(-c2c(C)cc(C)cc2C)c(O)c1C. The lowest BCUT2D eigenvalue weighted by Gasteiger charge is -2.14. The van der Waals surface area contributed by atoms with Gasteiger partial charge in [-0.1, -0.05) is 24.6 Å². The molecule has 0 fully saturated rings. The van der Waals surface area contributed by atoms with Crippen molar-refractivity contribution in [2.24, 2.45) is 0 Å². The van der Waals surface area contributed by atoms with Crippen LogP contribution in [0.15, 0.2) is 21.3 Å². The standard InChI is InChI=1S/C18H22O3/c1-6-7-14-13(5)17(19)16(18(20)21-14)15-11(3)8-10(2)9-12(15)4/h8-9,19H,6-7H2,1-5H3. The van der Waals surface area contributed by atoms with E-state index in [-0.39, 0.29) is 11.3 Å². The Morgan fingerprint density at radius 3 is 2.14 bits per heavy atom. The Bertz CT molecular complexity index is 716. The van der Waals surface area contributed by atoms with E-state index < -0.39 is 5.63 Å². The van der Waals surface area contributed by atoms with Crippen molar-refractivity contribution in [2.45, 2.75) is 47.5 Å². The minimum absolute atomic E-state index is 0.0461. The van der Waals surface area contributed by atoms with Crippen LogP contribution in [-0.4, -0.2) is 5.11 Å². The van der Waals surface area contributed by atoms with Crippen LogP contribution in [0.25, 0.3) is 11.1 Å². The number of hydrogen-bond acceptors (Lipinski definition) is 3. The molecule has 0 bridgehead atoms. The van der Waals surface area contributed by atoms with E-state index in [1.165, 1.54) is 0 Å². The molecule has 0 atom stereocenters. The molecule has 0 spiro atoms. The Labute approximate surface area is 125 Å². The first-order chi connectivity index (χ1) is 9.86. The van der Waals surface area contributed by atoms with Crippen molar-refractivity contribution >= 4 is 0 Å². The zero-order valence-corrected chi connectivity index (χ0v) is 13.3. The maximum absolute atomic E-state index is 12.4. The normalized spacial score (nSPS) is 10.9. The van der Waals surface area contributed by atoms with Crippen LogP contribution in [0.1, 0.15) is 41.4 Å². The molecule has 1 heterocycles. The number of hydrogen-bond donors (Lipinski definition) is 1. The zero-order valence-electron chi connectivity index (χ0n) is 13.3. The van der Waals surface area contributed by atoms with Gasteiger partial charge in [-0.05, 0) is 50.8 Å². The summed E-state index contributed by atoms with van der Waals surface area (Å²) in [5.74, 6) is 0.621. The summed E-state index contributed by atoms with van der Waals surface area (Å²) in [4.78, 5) is 12.4. The summed E-state index contributed by atoms with van der Waals surface area (Å²) in [7, 11) is 0. The summed E-state index contributed by atoms with van der Waals surface area (Å²) in [5.41, 5.74) is 4.33. The quantitative estimate of drug-likeness (QED) is 0.920. The van der Waals surface area contributed by atoms with Crippen LogP contribution in [-0.2, 0) is 6.42 Å². The van der Waals surface area contributed by atoms with Crippen LogP contribution in [0.3, 0.4) is 0 Å². The van der Waals surface area contributed by atoms with Crippen molar-refractivity contribution in [1.29, 1.82) is 0 Å². The molecule has 112 valence electrons. The molecule has 0 saturated heterocycles. The Hall–Kier alpha value is -2.03. The Kier molecular flexibility index (Phi) is 4.21. The molecule has 0 radical (unpaired) electrons. The molecule has 0 amide bonds. The van der Waals surface area contributed by atoms with Crippen LogP contribution >= 0.6 is 0 Å². The van der Waals surface area contributed by atoms with Gasteiger partial charge in [-0.2, -0.15) is 0 Å². The summed E-state index contributed by atoms with van der Waals surface area (Å²) in [6, 6.07) is 4.02. The second-order valence-electron chi connectivity index (χ2n) is 5.69. The van der Waals surface area contributed by atoms with Crippen molar-refractivity contribution in [3.63, 3.8) is 0 Å². The molecular weight excluding hydrogens is 264 g/mol. The molecule has 3 nitrogen and oxygen atoms in total. The molecule has 1 aromatic carbocycles. The average Bonchev–Trinajstić information content (AvgIpc) is 2.38. The monoisotopic (exact) mass is 286 g/mol. The van der Waals surface area contributed by atoms with E-state index in [9.17, 15) is 9.90 Å². The van der Waals surface area contributed by atoms with E-state index in [2.05, 4.69) is 0 Å². The molecular formula is C18H22O3. The van der Waals surface area contributed by atoms with Gasteiger partial charge in [0.25, 0.3) is 0 Å². The lowest BCUT2D eigenvalue weighted by molar-refractivity contribution is 0.418. The fourth-order valence-corrected chi connectivity index (χ4v) is 2.92. The number of aromatic hydroxyl groups is 1. The minimum atomic E-state index is -0.461. The highest BCUT2D eigenvalue weighted by molar-refractivity contribution is 5.76. The number of aryl methyl sites for hydroxylation is 4. The third-order valence-corrected chi connectivity index (χ3v) is 3.83. The van der Waals surface area contributed by atoms with Gasteiger partial charge in [0.15, 0.2) is 0 Å². The van der Waals surface area contributed by atoms with Crippen LogP contribution in [0, 0.1) is 27.7 Å². The summed E-state index contributed by atoms with van der Waals surface area (Å²) in [6.45, 7) is 9.72. The Morgan fingerprint density at radius 1 is 1.05 bits per heavy atom. The summed E-state index contributed by atoms with van der Waals surface area (Å²) in [5, 5.41) is 10.5. The van der Waals surface area contributed by atoms with Gasteiger partial charge < -0.3 is 9.52 Å². The van der Waals surface area contributed by atoms with Gasteiger partial charge in [0, 0.05) is 12.0 Å². The maximum Gasteiger partial charge on any atom is 0.347 e. The highest BCUT2D eigenvalue weighted by Gasteiger charge is 2.20. The van der Waals surface area contributed by atoms with Crippen LogP contribution in [0.2, 0.25) is 0 Å². The van der Waals surface area contributed by atoms with Gasteiger partial charge in [0.05, 0.1) is 0 Å². The van der Waals surface area contributed by atoms with E-state index in [0.717, 1.165) is 28.7 Å². The molecule has 0 aliphatic rings. The topological polar surface area (TPSA) is 50.4 Å². The highest BCUT2D eigenvalue weighted by atomic mass is 16.4. The third kappa shape index (κ3) is 2.73. The minimum Gasteiger partial charge on any atom is -0.507 e. The van der Waals surface area contributed by atoms with Crippen molar-refractivity contribution in [3.8, 4) is 16.9 Å². The molecule has 1 aromatic heterocycles. The molecule has 21 heavy (non-hydrogen) atoms. The third-order valence-electron chi connectivity index (χ3n) is 3.83. The predicted octanol–water partition coefficient (Wildman–Crippen LogP) is 4.20. The molecule has 2 rings (SSSR count). The molecule has 0 aliphatic carbocycles. The van der Waals surface area contributed by atoms with Gasteiger partial charge in [-0.15, -0.1) is 0 Å². The number of rotatable bonds is 3.